The molecule has 2 amide bonds. The summed E-state index contributed by atoms with van der Waals surface area (Å²) in [6, 6.07) is 2.09. The number of Topliss-reactive ketones (excluding diaryl/α,β-unsaturated/α-hetero) is 1. The zero-order valence-corrected chi connectivity index (χ0v) is 11.1. The Morgan fingerprint density at radius 2 is 2.29 bits per heavy atom. The molecule has 0 spiro atoms. The molecule has 0 radical (unpaired) electrons. The molecule has 2 heterocycles. The average molecular weight is 252 g/mol. The van der Waals surface area contributed by atoms with Crippen LogP contribution < -0.4 is 0 Å². The monoisotopic (exact) mass is 252 g/mol. The van der Waals surface area contributed by atoms with E-state index in [0.717, 1.165) is 0 Å². The molecular formula is C12H16N2O2S. The maximum Gasteiger partial charge on any atom is 0.320 e. The highest BCUT2D eigenvalue weighted by atomic mass is 32.1. The van der Waals surface area contributed by atoms with Gasteiger partial charge in [0.1, 0.15) is 5.78 Å². The van der Waals surface area contributed by atoms with Gasteiger partial charge in [-0.15, -0.1) is 11.3 Å². The van der Waals surface area contributed by atoms with Gasteiger partial charge in [-0.3, -0.25) is 4.79 Å². The summed E-state index contributed by atoms with van der Waals surface area (Å²) in [5.74, 6) is 0.0234. The van der Waals surface area contributed by atoms with Gasteiger partial charge in [-0.05, 0) is 30.9 Å². The van der Waals surface area contributed by atoms with Crippen LogP contribution in [-0.2, 0) is 4.79 Å². The van der Waals surface area contributed by atoms with Gasteiger partial charge in [0.2, 0.25) is 0 Å². The first-order valence-corrected chi connectivity index (χ1v) is 6.44. The Kier molecular flexibility index (Phi) is 3.19. The number of thiophene rings is 1. The Bertz CT molecular complexity index is 455. The van der Waals surface area contributed by atoms with E-state index >= 15 is 0 Å². The minimum absolute atomic E-state index is 0.0234. The van der Waals surface area contributed by atoms with E-state index in [4.69, 9.17) is 0 Å². The predicted octanol–water partition coefficient (Wildman–Crippen LogP) is 2.05. The van der Waals surface area contributed by atoms with E-state index in [-0.39, 0.29) is 24.4 Å². The quantitative estimate of drug-likeness (QED) is 0.826. The molecule has 4 nitrogen and oxygen atoms in total. The first-order chi connectivity index (χ1) is 8.00. The molecule has 1 fully saturated rings. The van der Waals surface area contributed by atoms with Crippen molar-refractivity contribution in [3.63, 3.8) is 0 Å². The molecular weight excluding hydrogens is 236 g/mol. The summed E-state index contributed by atoms with van der Waals surface area (Å²) in [5, 5.41) is 2.04. The Labute approximate surface area is 105 Å². The van der Waals surface area contributed by atoms with Gasteiger partial charge in [0.05, 0.1) is 12.6 Å². The first kappa shape index (κ1) is 12.1. The van der Waals surface area contributed by atoms with Crippen LogP contribution in [0.15, 0.2) is 11.4 Å². The van der Waals surface area contributed by atoms with Crippen molar-refractivity contribution in [2.45, 2.75) is 19.9 Å². The highest BCUT2D eigenvalue weighted by Crippen LogP contribution is 2.33. The third-order valence-corrected chi connectivity index (χ3v) is 4.17. The second kappa shape index (κ2) is 4.49. The van der Waals surface area contributed by atoms with E-state index in [1.54, 1.807) is 28.2 Å². The molecule has 1 aromatic rings. The van der Waals surface area contributed by atoms with Crippen molar-refractivity contribution in [1.29, 1.82) is 0 Å². The minimum atomic E-state index is -0.0574. The lowest BCUT2D eigenvalue weighted by Gasteiger charge is -2.17. The molecule has 1 atom stereocenters. The van der Waals surface area contributed by atoms with Crippen LogP contribution in [0.5, 0.6) is 0 Å². The molecule has 0 bridgehead atoms. The van der Waals surface area contributed by atoms with Gasteiger partial charge in [-0.1, -0.05) is 0 Å². The number of urea groups is 1. The lowest BCUT2D eigenvalue weighted by atomic mass is 10.1. The van der Waals surface area contributed by atoms with Gasteiger partial charge in [0.15, 0.2) is 0 Å². The van der Waals surface area contributed by atoms with Crippen molar-refractivity contribution in [3.05, 3.63) is 21.9 Å². The van der Waals surface area contributed by atoms with Gasteiger partial charge in [-0.25, -0.2) is 4.79 Å². The van der Waals surface area contributed by atoms with E-state index in [2.05, 4.69) is 13.0 Å². The second-order valence-corrected chi connectivity index (χ2v) is 5.41. The molecule has 92 valence electrons. The Morgan fingerprint density at radius 3 is 2.82 bits per heavy atom. The number of likely N-dealkylation sites (N-methyl/N-ethyl adjacent to an activating group) is 1. The van der Waals surface area contributed by atoms with E-state index in [1.165, 1.54) is 17.4 Å². The van der Waals surface area contributed by atoms with Crippen LogP contribution >= 0.6 is 11.3 Å². The van der Waals surface area contributed by atoms with Crippen molar-refractivity contribution in [2.75, 3.05) is 20.1 Å². The maximum absolute atomic E-state index is 12.0. The van der Waals surface area contributed by atoms with Gasteiger partial charge in [0, 0.05) is 18.5 Å². The maximum atomic E-state index is 12.0. The lowest BCUT2D eigenvalue weighted by Crippen LogP contribution is -2.32. The standard InChI is InChI=1S/C12H16N2O2S/c1-8-4-5-17-11(8)10-7-14(6-9(2)15)12(16)13(10)3/h4-5,10H,6-7H2,1-3H3. The smallest absolute Gasteiger partial charge is 0.318 e. The van der Waals surface area contributed by atoms with Crippen LogP contribution in [0.1, 0.15) is 23.4 Å². The highest BCUT2D eigenvalue weighted by molar-refractivity contribution is 7.10. The second-order valence-electron chi connectivity index (χ2n) is 4.46. The number of hydrogen-bond donors (Lipinski definition) is 0. The molecule has 5 heteroatoms. The minimum Gasteiger partial charge on any atom is -0.318 e. The first-order valence-electron chi connectivity index (χ1n) is 5.56. The number of carbonyl (C=O) groups is 2. The van der Waals surface area contributed by atoms with Crippen molar-refractivity contribution in [1.82, 2.24) is 9.80 Å². The SMILES string of the molecule is CC(=O)CN1CC(c2sccc2C)N(C)C1=O. The van der Waals surface area contributed by atoms with Crippen LogP contribution in [-0.4, -0.2) is 41.8 Å². The van der Waals surface area contributed by atoms with E-state index in [1.807, 2.05) is 5.38 Å². The molecule has 17 heavy (non-hydrogen) atoms. The molecule has 1 aliphatic heterocycles. The van der Waals surface area contributed by atoms with E-state index in [9.17, 15) is 9.59 Å². The number of aryl methyl sites for hydroxylation is 1. The summed E-state index contributed by atoms with van der Waals surface area (Å²) in [5.41, 5.74) is 1.21. The van der Waals surface area contributed by atoms with Gasteiger partial charge < -0.3 is 9.80 Å². The zero-order valence-electron chi connectivity index (χ0n) is 10.3. The highest BCUT2D eigenvalue weighted by Gasteiger charge is 2.36. The number of amides is 2. The summed E-state index contributed by atoms with van der Waals surface area (Å²) in [6.07, 6.45) is 0. The van der Waals surface area contributed by atoms with Crippen LogP contribution in [0.4, 0.5) is 4.79 Å². The van der Waals surface area contributed by atoms with Crippen molar-refractivity contribution in [2.24, 2.45) is 0 Å². The van der Waals surface area contributed by atoms with Crippen LogP contribution in [0.25, 0.3) is 0 Å². The van der Waals surface area contributed by atoms with E-state index in [0.29, 0.717) is 6.54 Å². The molecule has 0 saturated carbocycles. The Hall–Kier alpha value is -1.36. The summed E-state index contributed by atoms with van der Waals surface area (Å²) in [7, 11) is 1.80. The lowest BCUT2D eigenvalue weighted by molar-refractivity contribution is -0.117. The molecule has 0 aromatic carbocycles. The largest absolute Gasteiger partial charge is 0.320 e. The molecule has 1 aliphatic rings. The number of ketones is 1. The number of nitrogens with zero attached hydrogens (tertiary/aromatic N) is 2. The molecule has 2 rings (SSSR count). The van der Waals surface area contributed by atoms with E-state index < -0.39 is 0 Å². The van der Waals surface area contributed by atoms with Crippen molar-refractivity contribution in [3.8, 4) is 0 Å². The summed E-state index contributed by atoms with van der Waals surface area (Å²) in [4.78, 5) is 27.6. The topological polar surface area (TPSA) is 40.6 Å². The molecule has 1 saturated heterocycles. The van der Waals surface area contributed by atoms with Crippen LogP contribution in [0, 0.1) is 6.92 Å². The Morgan fingerprint density at radius 1 is 1.59 bits per heavy atom. The van der Waals surface area contributed by atoms with Crippen LogP contribution in [0.2, 0.25) is 0 Å². The fraction of sp³-hybridized carbons (Fsp3) is 0.500. The molecule has 0 N–H and O–H groups in total. The zero-order chi connectivity index (χ0) is 12.6. The predicted molar refractivity (Wildman–Crippen MR) is 67.2 cm³/mol. The van der Waals surface area contributed by atoms with Gasteiger partial charge >= 0.3 is 6.03 Å². The van der Waals surface area contributed by atoms with Gasteiger partial charge in [0.25, 0.3) is 0 Å². The number of carbonyl (C=O) groups excluding carboxylic acids is 2. The third kappa shape index (κ3) is 2.20. The number of rotatable bonds is 3. The van der Waals surface area contributed by atoms with Crippen molar-refractivity contribution >= 4 is 23.2 Å². The summed E-state index contributed by atoms with van der Waals surface area (Å²) >= 11 is 1.67. The average Bonchev–Trinajstić information content (AvgIpc) is 2.77. The normalized spacial score (nSPS) is 20.2. The van der Waals surface area contributed by atoms with Gasteiger partial charge in [-0.2, -0.15) is 0 Å². The Balaban J connectivity index is 2.20. The number of hydrogen-bond acceptors (Lipinski definition) is 3. The van der Waals surface area contributed by atoms with Crippen LogP contribution in [0.3, 0.4) is 0 Å². The molecule has 1 unspecified atom stereocenters. The van der Waals surface area contributed by atoms with Crippen molar-refractivity contribution < 1.29 is 9.59 Å². The summed E-state index contributed by atoms with van der Waals surface area (Å²) < 4.78 is 0. The molecule has 0 aliphatic carbocycles. The fourth-order valence-electron chi connectivity index (χ4n) is 2.15. The molecule has 1 aromatic heterocycles. The fourth-order valence-corrected chi connectivity index (χ4v) is 3.21. The summed E-state index contributed by atoms with van der Waals surface area (Å²) in [6.45, 7) is 4.38. The third-order valence-electron chi connectivity index (χ3n) is 3.05.